The molecule has 1 aromatic carbocycles. The molecule has 0 aliphatic heterocycles. The van der Waals surface area contributed by atoms with Gasteiger partial charge >= 0.3 is 0 Å². The highest BCUT2D eigenvalue weighted by Gasteiger charge is 2.01. The number of anilines is 1. The van der Waals surface area contributed by atoms with Crippen molar-refractivity contribution >= 4 is 45.8 Å². The fourth-order valence-corrected chi connectivity index (χ4v) is 1.80. The summed E-state index contributed by atoms with van der Waals surface area (Å²) in [6.07, 6.45) is 2.63. The highest BCUT2D eigenvalue weighted by atomic mass is 127. The minimum Gasteiger partial charge on any atom is -0.326 e. The second-order valence-electron chi connectivity index (χ2n) is 3.20. The number of amides is 1. The van der Waals surface area contributed by atoms with E-state index in [1.54, 1.807) is 24.3 Å². The molecule has 0 aliphatic carbocycles. The second kappa shape index (κ2) is 7.06. The van der Waals surface area contributed by atoms with Crippen LogP contribution in [0.3, 0.4) is 0 Å². The van der Waals surface area contributed by atoms with Crippen LogP contribution in [0.4, 0.5) is 5.69 Å². The van der Waals surface area contributed by atoms with Crippen LogP contribution in [0.2, 0.25) is 5.02 Å². The quantitative estimate of drug-likeness (QED) is 0.493. The molecule has 0 heterocycles. The third kappa shape index (κ3) is 5.37. The summed E-state index contributed by atoms with van der Waals surface area (Å²) >= 11 is 8.05. The van der Waals surface area contributed by atoms with Gasteiger partial charge < -0.3 is 5.32 Å². The van der Waals surface area contributed by atoms with Crippen LogP contribution >= 0.6 is 34.2 Å². The zero-order valence-electron chi connectivity index (χ0n) is 8.30. The SMILES string of the molecule is O=C(CCCCI)Nc1ccc(Cl)cc1. The third-order valence-electron chi connectivity index (χ3n) is 1.92. The number of benzene rings is 1. The van der Waals surface area contributed by atoms with Gasteiger partial charge in [0.2, 0.25) is 5.91 Å². The largest absolute Gasteiger partial charge is 0.326 e. The van der Waals surface area contributed by atoms with Gasteiger partial charge in [-0.3, -0.25) is 4.79 Å². The molecule has 0 aromatic heterocycles. The first kappa shape index (κ1) is 12.8. The van der Waals surface area contributed by atoms with Gasteiger partial charge in [0.25, 0.3) is 0 Å². The molecule has 0 spiro atoms. The highest BCUT2D eigenvalue weighted by Crippen LogP contribution is 2.13. The van der Waals surface area contributed by atoms with Crippen LogP contribution in [0, 0.1) is 0 Å². The predicted octanol–water partition coefficient (Wildman–Crippen LogP) is 3.88. The summed E-state index contributed by atoms with van der Waals surface area (Å²) in [6.45, 7) is 0. The number of hydrogen-bond acceptors (Lipinski definition) is 1. The molecule has 1 rings (SSSR count). The first-order valence-corrected chi connectivity index (χ1v) is 6.74. The van der Waals surface area contributed by atoms with Crippen molar-refractivity contribution < 1.29 is 4.79 Å². The smallest absolute Gasteiger partial charge is 0.224 e. The van der Waals surface area contributed by atoms with Gasteiger partial charge in [-0.05, 0) is 41.5 Å². The normalized spacial score (nSPS) is 10.0. The van der Waals surface area contributed by atoms with Crippen molar-refractivity contribution in [3.8, 4) is 0 Å². The van der Waals surface area contributed by atoms with Gasteiger partial charge in [-0.1, -0.05) is 34.2 Å². The fourth-order valence-electron chi connectivity index (χ4n) is 1.14. The summed E-state index contributed by atoms with van der Waals surface area (Å²) in [5.74, 6) is 0.0715. The molecular weight excluding hydrogens is 324 g/mol. The molecular formula is C11H13ClINO. The Bertz CT molecular complexity index is 313. The molecule has 0 saturated carbocycles. The van der Waals surface area contributed by atoms with E-state index in [0.29, 0.717) is 11.4 Å². The Balaban J connectivity index is 2.34. The first-order chi connectivity index (χ1) is 7.22. The number of unbranched alkanes of at least 4 members (excludes halogenated alkanes) is 1. The molecule has 0 saturated heterocycles. The molecule has 0 unspecified atom stereocenters. The zero-order valence-corrected chi connectivity index (χ0v) is 11.2. The van der Waals surface area contributed by atoms with Crippen molar-refractivity contribution in [3.05, 3.63) is 29.3 Å². The van der Waals surface area contributed by atoms with E-state index in [9.17, 15) is 4.79 Å². The Hall–Kier alpha value is -0.290. The van der Waals surface area contributed by atoms with E-state index in [-0.39, 0.29) is 5.91 Å². The van der Waals surface area contributed by atoms with Gasteiger partial charge in [0.1, 0.15) is 0 Å². The fraction of sp³-hybridized carbons (Fsp3) is 0.364. The van der Waals surface area contributed by atoms with Crippen LogP contribution in [-0.4, -0.2) is 10.3 Å². The van der Waals surface area contributed by atoms with Crippen LogP contribution in [0.5, 0.6) is 0 Å². The molecule has 1 aromatic rings. The van der Waals surface area contributed by atoms with Crippen LogP contribution in [-0.2, 0) is 4.79 Å². The van der Waals surface area contributed by atoms with E-state index in [2.05, 4.69) is 27.9 Å². The molecule has 0 aliphatic rings. The number of hydrogen-bond donors (Lipinski definition) is 1. The standard InChI is InChI=1S/C11H13ClINO/c12-9-4-6-10(7-5-9)14-11(15)3-1-2-8-13/h4-7H,1-3,8H2,(H,14,15). The summed E-state index contributed by atoms with van der Waals surface area (Å²) in [5, 5.41) is 3.51. The van der Waals surface area contributed by atoms with E-state index in [1.165, 1.54) is 0 Å². The molecule has 15 heavy (non-hydrogen) atoms. The van der Waals surface area contributed by atoms with Crippen molar-refractivity contribution in [2.45, 2.75) is 19.3 Å². The van der Waals surface area contributed by atoms with E-state index in [0.717, 1.165) is 23.0 Å². The van der Waals surface area contributed by atoms with Gasteiger partial charge in [-0.2, -0.15) is 0 Å². The molecule has 2 nitrogen and oxygen atoms in total. The molecule has 82 valence electrons. The lowest BCUT2D eigenvalue weighted by atomic mass is 10.2. The number of carbonyl (C=O) groups excluding carboxylic acids is 1. The summed E-state index contributed by atoms with van der Waals surface area (Å²) in [4.78, 5) is 11.4. The molecule has 0 fully saturated rings. The van der Waals surface area contributed by atoms with Crippen LogP contribution < -0.4 is 5.32 Å². The molecule has 0 bridgehead atoms. The van der Waals surface area contributed by atoms with Gasteiger partial charge in [0, 0.05) is 17.1 Å². The number of carbonyl (C=O) groups is 1. The molecule has 1 N–H and O–H groups in total. The Kier molecular flexibility index (Phi) is 6.02. The average molecular weight is 338 g/mol. The topological polar surface area (TPSA) is 29.1 Å². The van der Waals surface area contributed by atoms with Crippen LogP contribution in [0.15, 0.2) is 24.3 Å². The molecule has 0 radical (unpaired) electrons. The minimum atomic E-state index is 0.0715. The van der Waals surface area contributed by atoms with E-state index >= 15 is 0 Å². The van der Waals surface area contributed by atoms with Gasteiger partial charge in [-0.15, -0.1) is 0 Å². The lowest BCUT2D eigenvalue weighted by Crippen LogP contribution is -2.10. The summed E-state index contributed by atoms with van der Waals surface area (Å²) in [7, 11) is 0. The Morgan fingerprint density at radius 3 is 2.53 bits per heavy atom. The lowest BCUT2D eigenvalue weighted by molar-refractivity contribution is -0.116. The number of rotatable bonds is 5. The number of halogens is 2. The lowest BCUT2D eigenvalue weighted by Gasteiger charge is -2.04. The Morgan fingerprint density at radius 1 is 1.27 bits per heavy atom. The zero-order chi connectivity index (χ0) is 11.1. The van der Waals surface area contributed by atoms with Crippen molar-refractivity contribution in [3.63, 3.8) is 0 Å². The van der Waals surface area contributed by atoms with Crippen molar-refractivity contribution in [1.82, 2.24) is 0 Å². The number of alkyl halides is 1. The van der Waals surface area contributed by atoms with Gasteiger partial charge in [-0.25, -0.2) is 0 Å². The van der Waals surface area contributed by atoms with Crippen LogP contribution in [0.1, 0.15) is 19.3 Å². The molecule has 4 heteroatoms. The molecule has 1 amide bonds. The monoisotopic (exact) mass is 337 g/mol. The summed E-state index contributed by atoms with van der Waals surface area (Å²) in [6, 6.07) is 7.14. The van der Waals surface area contributed by atoms with E-state index < -0.39 is 0 Å². The maximum Gasteiger partial charge on any atom is 0.224 e. The predicted molar refractivity (Wildman–Crippen MR) is 72.8 cm³/mol. The Morgan fingerprint density at radius 2 is 1.93 bits per heavy atom. The summed E-state index contributed by atoms with van der Waals surface area (Å²) in [5.41, 5.74) is 0.805. The first-order valence-electron chi connectivity index (χ1n) is 4.84. The van der Waals surface area contributed by atoms with Crippen molar-refractivity contribution in [1.29, 1.82) is 0 Å². The maximum absolute atomic E-state index is 11.4. The minimum absolute atomic E-state index is 0.0715. The molecule has 0 atom stereocenters. The van der Waals surface area contributed by atoms with E-state index in [1.807, 2.05) is 0 Å². The Labute approximate surface area is 109 Å². The maximum atomic E-state index is 11.4. The second-order valence-corrected chi connectivity index (χ2v) is 4.72. The van der Waals surface area contributed by atoms with Gasteiger partial charge in [0.15, 0.2) is 0 Å². The number of nitrogens with one attached hydrogen (secondary N) is 1. The summed E-state index contributed by atoms with van der Waals surface area (Å²) < 4.78 is 1.10. The van der Waals surface area contributed by atoms with Crippen molar-refractivity contribution in [2.24, 2.45) is 0 Å². The third-order valence-corrected chi connectivity index (χ3v) is 2.93. The average Bonchev–Trinajstić information content (AvgIpc) is 2.22. The van der Waals surface area contributed by atoms with Gasteiger partial charge in [0.05, 0.1) is 0 Å². The van der Waals surface area contributed by atoms with Crippen molar-refractivity contribution in [2.75, 3.05) is 9.74 Å². The van der Waals surface area contributed by atoms with Crippen LogP contribution in [0.25, 0.3) is 0 Å². The highest BCUT2D eigenvalue weighted by molar-refractivity contribution is 14.1. The van der Waals surface area contributed by atoms with E-state index in [4.69, 9.17) is 11.6 Å².